The van der Waals surface area contributed by atoms with Crippen LogP contribution in [0.2, 0.25) is 5.02 Å². The Morgan fingerprint density at radius 1 is 1.22 bits per heavy atom. The first-order chi connectivity index (χ1) is 11.2. The molecule has 0 spiro atoms. The number of fused-ring (bicyclic) bond motifs is 1. The van der Waals surface area contributed by atoms with Gasteiger partial charge >= 0.3 is 5.97 Å². The Morgan fingerprint density at radius 3 is 2.74 bits per heavy atom. The number of carbonyl (C=O) groups excluding carboxylic acids is 1. The van der Waals surface area contributed by atoms with E-state index < -0.39 is 0 Å². The second kappa shape index (κ2) is 6.62. The van der Waals surface area contributed by atoms with Crippen molar-refractivity contribution in [2.45, 2.75) is 0 Å². The molecule has 0 aliphatic carbocycles. The fourth-order valence-corrected chi connectivity index (χ4v) is 2.52. The van der Waals surface area contributed by atoms with Crippen LogP contribution in [0.4, 0.5) is 5.82 Å². The van der Waals surface area contributed by atoms with E-state index in [2.05, 4.69) is 20.0 Å². The number of hydrogen-bond acceptors (Lipinski definition) is 5. The zero-order valence-electron chi connectivity index (χ0n) is 12.4. The maximum atomic E-state index is 11.3. The number of hydrogen-bond donors (Lipinski definition) is 1. The Hall–Kier alpha value is -2.66. The Kier molecular flexibility index (Phi) is 4.39. The standard InChI is InChI=1S/C17H14ClN3O2/c1-23-16(22)10-21-17-13-3-2-12(18)8-14(13)15(9-20-17)11-4-6-19-7-5-11/h2-9H,10H2,1H3,(H,20,21). The number of halogens is 1. The predicted octanol–water partition coefficient (Wildman–Crippen LogP) is 3.54. The van der Waals surface area contributed by atoms with E-state index in [0.717, 1.165) is 21.9 Å². The summed E-state index contributed by atoms with van der Waals surface area (Å²) < 4.78 is 4.64. The lowest BCUT2D eigenvalue weighted by atomic mass is 10.0. The highest BCUT2D eigenvalue weighted by molar-refractivity contribution is 6.31. The molecule has 1 N–H and O–H groups in total. The number of benzene rings is 1. The van der Waals surface area contributed by atoms with Crippen LogP contribution in [0.5, 0.6) is 0 Å². The van der Waals surface area contributed by atoms with E-state index in [-0.39, 0.29) is 12.5 Å². The molecule has 0 unspecified atom stereocenters. The van der Waals surface area contributed by atoms with Gasteiger partial charge in [0.1, 0.15) is 12.4 Å². The van der Waals surface area contributed by atoms with Gasteiger partial charge in [-0.05, 0) is 41.3 Å². The molecule has 2 aromatic heterocycles. The highest BCUT2D eigenvalue weighted by Gasteiger charge is 2.11. The number of anilines is 1. The highest BCUT2D eigenvalue weighted by atomic mass is 35.5. The van der Waals surface area contributed by atoms with Crippen LogP contribution in [0.3, 0.4) is 0 Å². The molecule has 3 rings (SSSR count). The Labute approximate surface area is 138 Å². The number of nitrogens with zero attached hydrogens (tertiary/aromatic N) is 2. The fourth-order valence-electron chi connectivity index (χ4n) is 2.34. The van der Waals surface area contributed by atoms with Crippen LogP contribution in [0.15, 0.2) is 48.9 Å². The maximum Gasteiger partial charge on any atom is 0.325 e. The van der Waals surface area contributed by atoms with Crippen molar-refractivity contribution in [3.05, 3.63) is 53.9 Å². The molecule has 0 saturated heterocycles. The molecule has 0 bridgehead atoms. The van der Waals surface area contributed by atoms with E-state index in [1.807, 2.05) is 24.3 Å². The minimum atomic E-state index is -0.355. The van der Waals surface area contributed by atoms with E-state index in [0.29, 0.717) is 10.8 Å². The van der Waals surface area contributed by atoms with Crippen molar-refractivity contribution < 1.29 is 9.53 Å². The smallest absolute Gasteiger partial charge is 0.325 e. The number of esters is 1. The minimum absolute atomic E-state index is 0.0514. The molecule has 3 aromatic rings. The van der Waals surface area contributed by atoms with Crippen molar-refractivity contribution in [1.29, 1.82) is 0 Å². The third-order valence-electron chi connectivity index (χ3n) is 3.47. The number of nitrogens with one attached hydrogen (secondary N) is 1. The van der Waals surface area contributed by atoms with Gasteiger partial charge in [-0.25, -0.2) is 4.98 Å². The average Bonchev–Trinajstić information content (AvgIpc) is 2.59. The molecule has 23 heavy (non-hydrogen) atoms. The summed E-state index contributed by atoms with van der Waals surface area (Å²) in [7, 11) is 1.35. The molecule has 2 heterocycles. The molecule has 0 saturated carbocycles. The Morgan fingerprint density at radius 2 is 2.00 bits per heavy atom. The van der Waals surface area contributed by atoms with E-state index in [4.69, 9.17) is 11.6 Å². The normalized spacial score (nSPS) is 10.5. The summed E-state index contributed by atoms with van der Waals surface area (Å²) in [6.07, 6.45) is 5.22. The van der Waals surface area contributed by atoms with Crippen LogP contribution in [-0.4, -0.2) is 29.6 Å². The largest absolute Gasteiger partial charge is 0.468 e. The fraction of sp³-hybridized carbons (Fsp3) is 0.118. The first-order valence-electron chi connectivity index (χ1n) is 6.98. The quantitative estimate of drug-likeness (QED) is 0.743. The topological polar surface area (TPSA) is 64.1 Å². The maximum absolute atomic E-state index is 11.3. The van der Waals surface area contributed by atoms with Gasteiger partial charge in [0, 0.05) is 34.6 Å². The van der Waals surface area contributed by atoms with Crippen LogP contribution < -0.4 is 5.32 Å². The molecular formula is C17H14ClN3O2. The third kappa shape index (κ3) is 3.24. The summed E-state index contributed by atoms with van der Waals surface area (Å²) in [6.45, 7) is 0.0514. The van der Waals surface area contributed by atoms with Crippen molar-refractivity contribution in [3.8, 4) is 11.1 Å². The zero-order chi connectivity index (χ0) is 16.2. The van der Waals surface area contributed by atoms with Gasteiger partial charge in [-0.15, -0.1) is 0 Å². The minimum Gasteiger partial charge on any atom is -0.468 e. The second-order valence-electron chi connectivity index (χ2n) is 4.88. The number of pyridine rings is 2. The number of methoxy groups -OCH3 is 1. The van der Waals surface area contributed by atoms with Crippen LogP contribution >= 0.6 is 11.6 Å². The van der Waals surface area contributed by atoms with E-state index in [9.17, 15) is 4.79 Å². The summed E-state index contributed by atoms with van der Waals surface area (Å²) in [6, 6.07) is 9.40. The van der Waals surface area contributed by atoms with Crippen molar-refractivity contribution in [3.63, 3.8) is 0 Å². The summed E-state index contributed by atoms with van der Waals surface area (Å²) in [5, 5.41) is 5.46. The van der Waals surface area contributed by atoms with Gasteiger partial charge < -0.3 is 10.1 Å². The van der Waals surface area contributed by atoms with Gasteiger partial charge in [0.2, 0.25) is 0 Å². The van der Waals surface area contributed by atoms with Crippen LogP contribution in [0.25, 0.3) is 21.9 Å². The van der Waals surface area contributed by atoms with Crippen molar-refractivity contribution >= 4 is 34.2 Å². The van der Waals surface area contributed by atoms with E-state index in [1.165, 1.54) is 7.11 Å². The highest BCUT2D eigenvalue weighted by Crippen LogP contribution is 2.33. The lowest BCUT2D eigenvalue weighted by Gasteiger charge is -2.12. The molecule has 0 fully saturated rings. The van der Waals surface area contributed by atoms with Gasteiger partial charge in [-0.1, -0.05) is 11.6 Å². The summed E-state index contributed by atoms with van der Waals surface area (Å²) in [4.78, 5) is 19.8. The molecule has 116 valence electrons. The monoisotopic (exact) mass is 327 g/mol. The van der Waals surface area contributed by atoms with Gasteiger partial charge in [0.15, 0.2) is 0 Å². The molecular weight excluding hydrogens is 314 g/mol. The number of carbonyl (C=O) groups is 1. The van der Waals surface area contributed by atoms with Crippen LogP contribution in [0.1, 0.15) is 0 Å². The van der Waals surface area contributed by atoms with Gasteiger partial charge in [-0.2, -0.15) is 0 Å². The number of rotatable bonds is 4. The SMILES string of the molecule is COC(=O)CNc1ncc(-c2ccncc2)c2cc(Cl)ccc12. The zero-order valence-corrected chi connectivity index (χ0v) is 13.2. The molecule has 6 heteroatoms. The Bertz CT molecular complexity index is 853. The average molecular weight is 328 g/mol. The molecule has 0 amide bonds. The molecule has 0 radical (unpaired) electrons. The number of aromatic nitrogens is 2. The van der Waals surface area contributed by atoms with Gasteiger partial charge in [0.25, 0.3) is 0 Å². The first-order valence-corrected chi connectivity index (χ1v) is 7.36. The Balaban J connectivity index is 2.10. The van der Waals surface area contributed by atoms with Crippen molar-refractivity contribution in [1.82, 2.24) is 9.97 Å². The van der Waals surface area contributed by atoms with Crippen LogP contribution in [0, 0.1) is 0 Å². The second-order valence-corrected chi connectivity index (χ2v) is 5.31. The van der Waals surface area contributed by atoms with Gasteiger partial charge in [-0.3, -0.25) is 9.78 Å². The lowest BCUT2D eigenvalue weighted by molar-refractivity contribution is -0.138. The molecule has 0 atom stereocenters. The summed E-state index contributed by atoms with van der Waals surface area (Å²) >= 11 is 6.15. The first kappa shape index (κ1) is 15.2. The third-order valence-corrected chi connectivity index (χ3v) is 3.70. The summed E-state index contributed by atoms with van der Waals surface area (Å²) in [5.41, 5.74) is 1.95. The molecule has 0 aliphatic rings. The number of ether oxygens (including phenoxy) is 1. The molecule has 5 nitrogen and oxygen atoms in total. The van der Waals surface area contributed by atoms with Crippen LogP contribution in [-0.2, 0) is 9.53 Å². The summed E-state index contributed by atoms with van der Waals surface area (Å²) in [5.74, 6) is 0.256. The molecule has 0 aliphatic heterocycles. The van der Waals surface area contributed by atoms with Crippen molar-refractivity contribution in [2.75, 3.05) is 19.0 Å². The van der Waals surface area contributed by atoms with Gasteiger partial charge in [0.05, 0.1) is 7.11 Å². The lowest BCUT2D eigenvalue weighted by Crippen LogP contribution is -2.15. The van der Waals surface area contributed by atoms with E-state index in [1.54, 1.807) is 24.7 Å². The predicted molar refractivity (Wildman–Crippen MR) is 90.5 cm³/mol. The van der Waals surface area contributed by atoms with Crippen molar-refractivity contribution in [2.24, 2.45) is 0 Å². The molecule has 1 aromatic carbocycles. The van der Waals surface area contributed by atoms with E-state index >= 15 is 0 Å².